The Balaban J connectivity index is 1.48. The lowest BCUT2D eigenvalue weighted by atomic mass is 9.96. The molecule has 1 fully saturated rings. The topological polar surface area (TPSA) is 69.8 Å². The highest BCUT2D eigenvalue weighted by atomic mass is 19.1. The molecular weight excluding hydrogens is 283 g/mol. The van der Waals surface area contributed by atoms with E-state index in [-0.39, 0.29) is 17.8 Å². The maximum Gasteiger partial charge on any atom is 0.237 e. The predicted octanol–water partition coefficient (Wildman–Crippen LogP) is 1.39. The number of rotatable bonds is 5. The molecule has 5 nitrogen and oxygen atoms in total. The molecule has 1 aromatic heterocycles. The fourth-order valence-corrected chi connectivity index (χ4v) is 2.85. The van der Waals surface area contributed by atoms with E-state index in [1.807, 2.05) is 6.07 Å². The molecule has 0 spiro atoms. The third kappa shape index (κ3) is 3.71. The monoisotopic (exact) mass is 302 g/mol. The van der Waals surface area contributed by atoms with E-state index in [0.29, 0.717) is 12.5 Å². The maximum atomic E-state index is 13.2. The van der Waals surface area contributed by atoms with Crippen LogP contribution in [-0.2, 0) is 17.8 Å². The molecule has 1 aromatic carbocycles. The van der Waals surface area contributed by atoms with Crippen molar-refractivity contribution in [1.82, 2.24) is 20.8 Å². The van der Waals surface area contributed by atoms with Crippen LogP contribution in [0.15, 0.2) is 36.7 Å². The molecule has 3 N–H and O–H groups in total. The first-order valence-electron chi connectivity index (χ1n) is 7.44. The average molecular weight is 302 g/mol. The van der Waals surface area contributed by atoms with E-state index in [1.165, 1.54) is 6.07 Å². The highest BCUT2D eigenvalue weighted by Gasteiger charge is 2.29. The van der Waals surface area contributed by atoms with Gasteiger partial charge in [-0.25, -0.2) is 4.39 Å². The van der Waals surface area contributed by atoms with Crippen molar-refractivity contribution >= 4 is 5.91 Å². The van der Waals surface area contributed by atoms with Crippen LogP contribution in [0.4, 0.5) is 4.39 Å². The second-order valence-corrected chi connectivity index (χ2v) is 5.72. The van der Waals surface area contributed by atoms with Gasteiger partial charge in [0.25, 0.3) is 0 Å². The van der Waals surface area contributed by atoms with E-state index in [2.05, 4.69) is 20.8 Å². The molecule has 0 saturated carbocycles. The predicted molar refractivity (Wildman–Crippen MR) is 80.4 cm³/mol. The summed E-state index contributed by atoms with van der Waals surface area (Å²) < 4.78 is 13.2. The number of aromatic nitrogens is 2. The number of nitrogens with one attached hydrogen (secondary N) is 3. The normalized spacial score (nSPS) is 21.0. The van der Waals surface area contributed by atoms with E-state index in [4.69, 9.17) is 0 Å². The Morgan fingerprint density at radius 3 is 3.09 bits per heavy atom. The van der Waals surface area contributed by atoms with Crippen LogP contribution in [-0.4, -0.2) is 28.7 Å². The van der Waals surface area contributed by atoms with Crippen LogP contribution in [0.25, 0.3) is 0 Å². The van der Waals surface area contributed by atoms with Crippen LogP contribution in [0.1, 0.15) is 17.5 Å². The summed E-state index contributed by atoms with van der Waals surface area (Å²) in [5.41, 5.74) is 1.92. The summed E-state index contributed by atoms with van der Waals surface area (Å²) in [6.07, 6.45) is 5.01. The quantitative estimate of drug-likeness (QED) is 0.781. The molecule has 2 aromatic rings. The summed E-state index contributed by atoms with van der Waals surface area (Å²) in [6, 6.07) is 6.48. The number of amides is 1. The van der Waals surface area contributed by atoms with Gasteiger partial charge in [0.15, 0.2) is 0 Å². The van der Waals surface area contributed by atoms with Crippen molar-refractivity contribution < 1.29 is 9.18 Å². The van der Waals surface area contributed by atoms with Crippen LogP contribution in [0.2, 0.25) is 0 Å². The zero-order valence-electron chi connectivity index (χ0n) is 12.2. The minimum atomic E-state index is -0.210. The summed E-state index contributed by atoms with van der Waals surface area (Å²) in [5, 5.41) is 12.7. The molecule has 1 amide bonds. The number of hydrogen-bond acceptors (Lipinski definition) is 3. The maximum absolute atomic E-state index is 13.2. The van der Waals surface area contributed by atoms with E-state index in [1.54, 1.807) is 24.5 Å². The van der Waals surface area contributed by atoms with Crippen molar-refractivity contribution in [2.75, 3.05) is 6.54 Å². The van der Waals surface area contributed by atoms with E-state index < -0.39 is 0 Å². The highest BCUT2D eigenvalue weighted by Crippen LogP contribution is 2.20. The summed E-state index contributed by atoms with van der Waals surface area (Å²) in [7, 11) is 0. The minimum absolute atomic E-state index is 0.00272. The Kier molecular flexibility index (Phi) is 4.48. The average Bonchev–Trinajstić information content (AvgIpc) is 3.16. The molecule has 2 atom stereocenters. The van der Waals surface area contributed by atoms with Crippen LogP contribution in [0, 0.1) is 11.7 Å². The van der Waals surface area contributed by atoms with Gasteiger partial charge < -0.3 is 10.6 Å². The second-order valence-electron chi connectivity index (χ2n) is 5.72. The molecule has 1 aliphatic rings. The van der Waals surface area contributed by atoms with Gasteiger partial charge in [0, 0.05) is 18.3 Å². The lowest BCUT2D eigenvalue weighted by Crippen LogP contribution is -2.39. The lowest BCUT2D eigenvalue weighted by molar-refractivity contribution is -0.123. The van der Waals surface area contributed by atoms with Gasteiger partial charge in [-0.05, 0) is 43.0 Å². The zero-order chi connectivity index (χ0) is 15.4. The molecule has 1 saturated heterocycles. The number of carbonyl (C=O) groups is 1. The van der Waals surface area contributed by atoms with Gasteiger partial charge in [0.1, 0.15) is 5.82 Å². The number of nitrogens with zero attached hydrogens (tertiary/aromatic N) is 1. The minimum Gasteiger partial charge on any atom is -0.351 e. The molecule has 0 unspecified atom stereocenters. The Hall–Kier alpha value is -2.21. The standard InChI is InChI=1S/C16H19FN4O/c17-14-3-1-2-11(5-14)4-12-6-15(18-7-12)16(22)19-8-13-9-20-21-10-13/h1-3,5,9-10,12,15,18H,4,6-8H2,(H,19,22)(H,20,21)/t12-,15+/m1/s1. The zero-order valence-corrected chi connectivity index (χ0v) is 12.2. The number of carbonyl (C=O) groups excluding carboxylic acids is 1. The SMILES string of the molecule is O=C(NCc1cn[nH]c1)[C@@H]1C[C@@H](Cc2cccc(F)c2)CN1. The summed E-state index contributed by atoms with van der Waals surface area (Å²) in [6.45, 7) is 1.25. The molecule has 0 aliphatic carbocycles. The van der Waals surface area contributed by atoms with Crippen LogP contribution >= 0.6 is 0 Å². The molecule has 0 radical (unpaired) electrons. The van der Waals surface area contributed by atoms with Crippen LogP contribution < -0.4 is 10.6 Å². The van der Waals surface area contributed by atoms with E-state index in [0.717, 1.165) is 30.5 Å². The first-order valence-corrected chi connectivity index (χ1v) is 7.44. The van der Waals surface area contributed by atoms with Crippen molar-refractivity contribution in [2.45, 2.75) is 25.4 Å². The number of aromatic amines is 1. The third-order valence-electron chi connectivity index (χ3n) is 3.97. The Labute approximate surface area is 128 Å². The lowest BCUT2D eigenvalue weighted by Gasteiger charge is -2.11. The van der Waals surface area contributed by atoms with Crippen molar-refractivity contribution in [2.24, 2.45) is 5.92 Å². The van der Waals surface area contributed by atoms with Gasteiger partial charge >= 0.3 is 0 Å². The molecule has 2 heterocycles. The Bertz CT molecular complexity index is 629. The number of benzene rings is 1. The second kappa shape index (κ2) is 6.70. The van der Waals surface area contributed by atoms with E-state index in [9.17, 15) is 9.18 Å². The molecule has 6 heteroatoms. The summed E-state index contributed by atoms with van der Waals surface area (Å²) in [4.78, 5) is 12.1. The Morgan fingerprint density at radius 1 is 1.41 bits per heavy atom. The highest BCUT2D eigenvalue weighted by molar-refractivity contribution is 5.82. The number of hydrogen-bond donors (Lipinski definition) is 3. The van der Waals surface area contributed by atoms with Gasteiger partial charge in [0.2, 0.25) is 5.91 Å². The fraction of sp³-hybridized carbons (Fsp3) is 0.375. The van der Waals surface area contributed by atoms with Crippen LogP contribution in [0.5, 0.6) is 0 Å². The summed E-state index contributed by atoms with van der Waals surface area (Å²) in [5.74, 6) is 0.146. The molecule has 1 aliphatic heterocycles. The fourth-order valence-electron chi connectivity index (χ4n) is 2.85. The van der Waals surface area contributed by atoms with Gasteiger partial charge in [-0.15, -0.1) is 0 Å². The van der Waals surface area contributed by atoms with Crippen molar-refractivity contribution in [3.8, 4) is 0 Å². The van der Waals surface area contributed by atoms with E-state index >= 15 is 0 Å². The first-order chi connectivity index (χ1) is 10.7. The molecule has 0 bridgehead atoms. The van der Waals surface area contributed by atoms with Crippen LogP contribution in [0.3, 0.4) is 0 Å². The molecule has 3 rings (SSSR count). The molecular formula is C16H19FN4O. The largest absolute Gasteiger partial charge is 0.351 e. The van der Waals surface area contributed by atoms with Gasteiger partial charge in [0.05, 0.1) is 12.2 Å². The number of H-pyrrole nitrogens is 1. The van der Waals surface area contributed by atoms with Crippen molar-refractivity contribution in [3.05, 3.63) is 53.6 Å². The van der Waals surface area contributed by atoms with Gasteiger partial charge in [-0.2, -0.15) is 5.10 Å². The summed E-state index contributed by atoms with van der Waals surface area (Å²) >= 11 is 0. The van der Waals surface area contributed by atoms with Crippen molar-refractivity contribution in [1.29, 1.82) is 0 Å². The first kappa shape index (κ1) is 14.7. The van der Waals surface area contributed by atoms with Crippen molar-refractivity contribution in [3.63, 3.8) is 0 Å². The molecule has 22 heavy (non-hydrogen) atoms. The Morgan fingerprint density at radius 2 is 2.32 bits per heavy atom. The third-order valence-corrected chi connectivity index (χ3v) is 3.97. The number of halogens is 1. The van der Waals surface area contributed by atoms with Gasteiger partial charge in [-0.3, -0.25) is 9.89 Å². The smallest absolute Gasteiger partial charge is 0.237 e. The molecule has 116 valence electrons. The van der Waals surface area contributed by atoms with Gasteiger partial charge in [-0.1, -0.05) is 12.1 Å².